The van der Waals surface area contributed by atoms with Gasteiger partial charge in [0.25, 0.3) is 0 Å². The first kappa shape index (κ1) is 11.4. The first-order valence-corrected chi connectivity index (χ1v) is 5.50. The molecular formula is C14H15N3. The highest BCUT2D eigenvalue weighted by Gasteiger charge is 1.99. The van der Waals surface area contributed by atoms with Crippen molar-refractivity contribution in [3.8, 4) is 0 Å². The van der Waals surface area contributed by atoms with Gasteiger partial charge in [0.05, 0.1) is 6.54 Å². The van der Waals surface area contributed by atoms with E-state index < -0.39 is 0 Å². The molecule has 3 N–H and O–H groups in total. The second-order valence-corrected chi connectivity index (χ2v) is 3.66. The number of benzene rings is 2. The van der Waals surface area contributed by atoms with Gasteiger partial charge in [-0.3, -0.25) is 4.99 Å². The van der Waals surface area contributed by atoms with Crippen molar-refractivity contribution >= 4 is 5.84 Å². The zero-order valence-corrected chi connectivity index (χ0v) is 9.51. The van der Waals surface area contributed by atoms with Crippen LogP contribution in [0, 0.1) is 0 Å². The summed E-state index contributed by atoms with van der Waals surface area (Å²) in [5.41, 5.74) is 4.79. The third kappa shape index (κ3) is 3.16. The van der Waals surface area contributed by atoms with Gasteiger partial charge >= 0.3 is 0 Å². The van der Waals surface area contributed by atoms with Crippen molar-refractivity contribution < 1.29 is 0 Å². The highest BCUT2D eigenvalue weighted by atomic mass is 15.2. The Morgan fingerprint density at radius 1 is 0.941 bits per heavy atom. The Balaban J connectivity index is 2.14. The largest absolute Gasteiger partial charge is 0.308 e. The van der Waals surface area contributed by atoms with E-state index in [9.17, 15) is 0 Å². The molecule has 86 valence electrons. The fraction of sp³-hybridized carbons (Fsp3) is 0.0714. The van der Waals surface area contributed by atoms with Gasteiger partial charge in [0.1, 0.15) is 5.84 Å². The topological polar surface area (TPSA) is 50.4 Å². The zero-order valence-electron chi connectivity index (χ0n) is 9.51. The summed E-state index contributed by atoms with van der Waals surface area (Å²) < 4.78 is 0. The van der Waals surface area contributed by atoms with E-state index in [2.05, 4.69) is 10.4 Å². The smallest absolute Gasteiger partial charge is 0.142 e. The highest BCUT2D eigenvalue weighted by molar-refractivity contribution is 5.98. The van der Waals surface area contributed by atoms with Gasteiger partial charge in [0.2, 0.25) is 0 Å². The maximum absolute atomic E-state index is 5.49. The lowest BCUT2D eigenvalue weighted by Crippen LogP contribution is -2.31. The fourth-order valence-electron chi connectivity index (χ4n) is 1.57. The van der Waals surface area contributed by atoms with Gasteiger partial charge in [-0.15, -0.1) is 0 Å². The Kier molecular flexibility index (Phi) is 3.89. The van der Waals surface area contributed by atoms with Crippen LogP contribution < -0.4 is 11.3 Å². The molecule has 3 nitrogen and oxygen atoms in total. The molecule has 0 saturated heterocycles. The van der Waals surface area contributed by atoms with Crippen molar-refractivity contribution in [3.63, 3.8) is 0 Å². The molecule has 0 aliphatic heterocycles. The molecule has 2 aromatic carbocycles. The van der Waals surface area contributed by atoms with E-state index in [1.54, 1.807) is 0 Å². The van der Waals surface area contributed by atoms with Crippen LogP contribution in [0.4, 0.5) is 0 Å². The lowest BCUT2D eigenvalue weighted by molar-refractivity contribution is 0.973. The number of aliphatic imine (C=N–C) groups is 1. The van der Waals surface area contributed by atoms with E-state index in [1.807, 2.05) is 60.7 Å². The van der Waals surface area contributed by atoms with Crippen LogP contribution in [0.1, 0.15) is 11.1 Å². The third-order valence-corrected chi connectivity index (χ3v) is 2.45. The predicted octanol–water partition coefficient (Wildman–Crippen LogP) is 2.10. The Morgan fingerprint density at radius 2 is 1.53 bits per heavy atom. The molecule has 0 radical (unpaired) electrons. The molecule has 0 fully saturated rings. The number of nitrogens with zero attached hydrogens (tertiary/aromatic N) is 1. The lowest BCUT2D eigenvalue weighted by atomic mass is 10.2. The first-order valence-electron chi connectivity index (χ1n) is 5.50. The maximum Gasteiger partial charge on any atom is 0.142 e. The molecule has 0 bridgehead atoms. The van der Waals surface area contributed by atoms with E-state index in [4.69, 9.17) is 5.84 Å². The zero-order chi connectivity index (χ0) is 11.9. The molecule has 17 heavy (non-hydrogen) atoms. The average Bonchev–Trinajstić information content (AvgIpc) is 2.42. The number of nitrogens with one attached hydrogen (secondary N) is 1. The number of amidine groups is 1. The van der Waals surface area contributed by atoms with Crippen molar-refractivity contribution in [2.24, 2.45) is 10.8 Å². The summed E-state index contributed by atoms with van der Waals surface area (Å²) in [6, 6.07) is 19.9. The van der Waals surface area contributed by atoms with Crippen LogP contribution in [0.15, 0.2) is 65.7 Å². The van der Waals surface area contributed by atoms with Crippen molar-refractivity contribution in [1.82, 2.24) is 5.43 Å². The molecule has 0 aliphatic carbocycles. The number of hydrazine groups is 1. The SMILES string of the molecule is NNC(=NCc1ccccc1)c1ccccc1. The van der Waals surface area contributed by atoms with Crippen LogP contribution in [0.25, 0.3) is 0 Å². The van der Waals surface area contributed by atoms with Crippen LogP contribution >= 0.6 is 0 Å². The predicted molar refractivity (Wildman–Crippen MR) is 70.4 cm³/mol. The quantitative estimate of drug-likeness (QED) is 0.364. The molecule has 3 heteroatoms. The molecule has 2 rings (SSSR count). The maximum atomic E-state index is 5.49. The molecule has 0 aromatic heterocycles. The Morgan fingerprint density at radius 3 is 2.12 bits per heavy atom. The van der Waals surface area contributed by atoms with Crippen molar-refractivity contribution in [2.75, 3.05) is 0 Å². The molecule has 0 amide bonds. The summed E-state index contributed by atoms with van der Waals surface area (Å²) in [4.78, 5) is 4.46. The summed E-state index contributed by atoms with van der Waals surface area (Å²) in [6.45, 7) is 0.620. The number of rotatable bonds is 3. The normalized spacial score (nSPS) is 11.2. The first-order chi connectivity index (χ1) is 8.40. The van der Waals surface area contributed by atoms with Gasteiger partial charge in [0, 0.05) is 5.56 Å². The van der Waals surface area contributed by atoms with Crippen molar-refractivity contribution in [1.29, 1.82) is 0 Å². The Hall–Kier alpha value is -2.13. The monoisotopic (exact) mass is 225 g/mol. The van der Waals surface area contributed by atoms with E-state index in [-0.39, 0.29) is 0 Å². The van der Waals surface area contributed by atoms with Gasteiger partial charge < -0.3 is 5.43 Å². The summed E-state index contributed by atoms with van der Waals surface area (Å²) in [6.07, 6.45) is 0. The van der Waals surface area contributed by atoms with Gasteiger partial charge in [-0.25, -0.2) is 5.84 Å². The van der Waals surface area contributed by atoms with Gasteiger partial charge in [-0.2, -0.15) is 0 Å². The number of hydrogen-bond acceptors (Lipinski definition) is 2. The van der Waals surface area contributed by atoms with Crippen LogP contribution in [-0.2, 0) is 6.54 Å². The second kappa shape index (κ2) is 5.82. The van der Waals surface area contributed by atoms with E-state index >= 15 is 0 Å². The minimum Gasteiger partial charge on any atom is -0.308 e. The molecule has 0 heterocycles. The summed E-state index contributed by atoms with van der Waals surface area (Å²) in [5, 5.41) is 0. The minimum atomic E-state index is 0.620. The standard InChI is InChI=1S/C14H15N3/c15-17-14(13-9-5-2-6-10-13)16-11-12-7-3-1-4-8-12/h1-10H,11,15H2,(H,16,17). The number of nitrogens with two attached hydrogens (primary N) is 1. The van der Waals surface area contributed by atoms with E-state index in [0.717, 1.165) is 11.1 Å². The number of hydrogen-bond donors (Lipinski definition) is 2. The van der Waals surface area contributed by atoms with Crippen LogP contribution in [0.3, 0.4) is 0 Å². The Bertz CT molecular complexity index is 477. The molecular weight excluding hydrogens is 210 g/mol. The summed E-state index contributed by atoms with van der Waals surface area (Å²) >= 11 is 0. The molecule has 0 unspecified atom stereocenters. The van der Waals surface area contributed by atoms with Gasteiger partial charge in [-0.1, -0.05) is 60.7 Å². The molecule has 0 aliphatic rings. The van der Waals surface area contributed by atoms with Crippen LogP contribution in [0.5, 0.6) is 0 Å². The highest BCUT2D eigenvalue weighted by Crippen LogP contribution is 2.03. The third-order valence-electron chi connectivity index (χ3n) is 2.45. The van der Waals surface area contributed by atoms with E-state index in [1.165, 1.54) is 0 Å². The lowest BCUT2D eigenvalue weighted by Gasteiger charge is -2.05. The minimum absolute atomic E-state index is 0.620. The molecule has 0 atom stereocenters. The van der Waals surface area contributed by atoms with Gasteiger partial charge in [-0.05, 0) is 5.56 Å². The van der Waals surface area contributed by atoms with Gasteiger partial charge in [0.15, 0.2) is 0 Å². The average molecular weight is 225 g/mol. The van der Waals surface area contributed by atoms with Crippen molar-refractivity contribution in [2.45, 2.75) is 6.54 Å². The van der Waals surface area contributed by atoms with Crippen LogP contribution in [-0.4, -0.2) is 5.84 Å². The van der Waals surface area contributed by atoms with Crippen LogP contribution in [0.2, 0.25) is 0 Å². The molecule has 0 spiro atoms. The second-order valence-electron chi connectivity index (χ2n) is 3.66. The molecule has 0 saturated carbocycles. The summed E-state index contributed by atoms with van der Waals surface area (Å²) in [5.74, 6) is 6.19. The Labute approximate surface area is 101 Å². The van der Waals surface area contributed by atoms with Crippen molar-refractivity contribution in [3.05, 3.63) is 71.8 Å². The summed E-state index contributed by atoms with van der Waals surface area (Å²) in [7, 11) is 0. The molecule has 2 aromatic rings. The fourth-order valence-corrected chi connectivity index (χ4v) is 1.57. The van der Waals surface area contributed by atoms with E-state index in [0.29, 0.717) is 12.4 Å².